The number of hydrogen-bond acceptors (Lipinski definition) is 3. The third kappa shape index (κ3) is 4.61. The van der Waals surface area contributed by atoms with E-state index in [1.807, 2.05) is 41.9 Å². The Hall–Kier alpha value is -2.31. The van der Waals surface area contributed by atoms with E-state index in [1.54, 1.807) is 17.1 Å². The molecule has 0 aliphatic heterocycles. The number of carbonyl (C=O) groups excluding carboxylic acids is 1. The molecular formula is C17H17Cl2N5O. The minimum atomic E-state index is -0.131. The van der Waals surface area contributed by atoms with Crippen LogP contribution in [0.5, 0.6) is 0 Å². The topological polar surface area (TPSA) is 64.7 Å². The second kappa shape index (κ2) is 7.72. The van der Waals surface area contributed by atoms with Gasteiger partial charge in [0.15, 0.2) is 5.82 Å². The van der Waals surface area contributed by atoms with Crippen LogP contribution in [0.15, 0.2) is 42.7 Å². The third-order valence-electron chi connectivity index (χ3n) is 3.70. The van der Waals surface area contributed by atoms with Crippen LogP contribution in [0, 0.1) is 6.92 Å². The van der Waals surface area contributed by atoms with Crippen molar-refractivity contribution in [2.24, 2.45) is 0 Å². The molecule has 0 spiro atoms. The van der Waals surface area contributed by atoms with Crippen LogP contribution in [-0.2, 0) is 17.9 Å². The second-order valence-corrected chi connectivity index (χ2v) is 6.48. The first-order chi connectivity index (χ1) is 12.0. The molecule has 25 heavy (non-hydrogen) atoms. The molecule has 1 aromatic carbocycles. The third-order valence-corrected chi connectivity index (χ3v) is 4.26. The van der Waals surface area contributed by atoms with Crippen LogP contribution in [0.3, 0.4) is 0 Å². The van der Waals surface area contributed by atoms with Gasteiger partial charge in [-0.2, -0.15) is 10.2 Å². The van der Waals surface area contributed by atoms with Gasteiger partial charge < -0.3 is 5.32 Å². The van der Waals surface area contributed by atoms with Crippen molar-refractivity contribution in [3.63, 3.8) is 0 Å². The molecule has 0 aliphatic rings. The highest BCUT2D eigenvalue weighted by atomic mass is 35.5. The van der Waals surface area contributed by atoms with Crippen LogP contribution in [-0.4, -0.2) is 25.5 Å². The number of halogens is 2. The number of nitrogens with zero attached hydrogens (tertiary/aromatic N) is 4. The number of aryl methyl sites for hydroxylation is 2. The van der Waals surface area contributed by atoms with E-state index in [-0.39, 0.29) is 12.3 Å². The minimum Gasteiger partial charge on any atom is -0.309 e. The monoisotopic (exact) mass is 377 g/mol. The first kappa shape index (κ1) is 17.5. The smallest absolute Gasteiger partial charge is 0.227 e. The standard InChI is InChI=1S/C17H17Cl2N5O/c1-12-8-16(21-17(25)6-7-23-11-14(18)9-20-23)22-24(12)10-13-4-2-3-5-15(13)19/h2-5,8-9,11H,6-7,10H2,1H3,(H,21,22,25). The van der Waals surface area contributed by atoms with E-state index in [4.69, 9.17) is 23.2 Å². The second-order valence-electron chi connectivity index (χ2n) is 5.64. The van der Waals surface area contributed by atoms with Crippen molar-refractivity contribution >= 4 is 34.9 Å². The van der Waals surface area contributed by atoms with Crippen LogP contribution in [0.2, 0.25) is 10.0 Å². The minimum absolute atomic E-state index is 0.131. The maximum atomic E-state index is 12.1. The van der Waals surface area contributed by atoms with E-state index >= 15 is 0 Å². The fraction of sp³-hybridized carbons (Fsp3) is 0.235. The summed E-state index contributed by atoms with van der Waals surface area (Å²) in [4.78, 5) is 12.1. The van der Waals surface area contributed by atoms with Gasteiger partial charge in [-0.05, 0) is 18.6 Å². The van der Waals surface area contributed by atoms with Crippen molar-refractivity contribution < 1.29 is 4.79 Å². The Morgan fingerprint density at radius 3 is 2.80 bits per heavy atom. The molecule has 0 fully saturated rings. The Morgan fingerprint density at radius 1 is 1.28 bits per heavy atom. The zero-order valence-corrected chi connectivity index (χ0v) is 15.1. The molecule has 1 N–H and O–H groups in total. The van der Waals surface area contributed by atoms with Gasteiger partial charge in [0, 0.05) is 35.9 Å². The lowest BCUT2D eigenvalue weighted by molar-refractivity contribution is -0.116. The highest BCUT2D eigenvalue weighted by Gasteiger charge is 2.10. The predicted molar refractivity (Wildman–Crippen MR) is 98.0 cm³/mol. The molecule has 2 heterocycles. The Kier molecular flexibility index (Phi) is 5.40. The van der Waals surface area contributed by atoms with Gasteiger partial charge in [-0.15, -0.1) is 0 Å². The van der Waals surface area contributed by atoms with Crippen molar-refractivity contribution in [1.29, 1.82) is 0 Å². The first-order valence-corrected chi connectivity index (χ1v) is 8.52. The fourth-order valence-electron chi connectivity index (χ4n) is 2.40. The number of carbonyl (C=O) groups is 1. The lowest BCUT2D eigenvalue weighted by Crippen LogP contribution is -2.15. The summed E-state index contributed by atoms with van der Waals surface area (Å²) in [7, 11) is 0. The number of nitrogens with one attached hydrogen (secondary N) is 1. The van der Waals surface area contributed by atoms with E-state index < -0.39 is 0 Å². The van der Waals surface area contributed by atoms with Gasteiger partial charge in [0.1, 0.15) is 0 Å². The number of benzene rings is 1. The molecule has 2 aromatic heterocycles. The summed E-state index contributed by atoms with van der Waals surface area (Å²) in [5, 5.41) is 12.5. The van der Waals surface area contributed by atoms with Crippen LogP contribution < -0.4 is 5.32 Å². The summed E-state index contributed by atoms with van der Waals surface area (Å²) in [5.74, 6) is 0.391. The van der Waals surface area contributed by atoms with Crippen molar-refractivity contribution in [2.75, 3.05) is 5.32 Å². The molecule has 3 rings (SSSR count). The maximum Gasteiger partial charge on any atom is 0.227 e. The molecule has 0 saturated heterocycles. The SMILES string of the molecule is Cc1cc(NC(=O)CCn2cc(Cl)cn2)nn1Cc1ccccc1Cl. The summed E-state index contributed by atoms with van der Waals surface area (Å²) >= 11 is 12.0. The summed E-state index contributed by atoms with van der Waals surface area (Å²) in [6.07, 6.45) is 3.50. The molecule has 1 amide bonds. The van der Waals surface area contributed by atoms with E-state index in [0.717, 1.165) is 11.3 Å². The normalized spacial score (nSPS) is 10.8. The summed E-state index contributed by atoms with van der Waals surface area (Å²) < 4.78 is 3.44. The van der Waals surface area contributed by atoms with Gasteiger partial charge in [0.05, 0.1) is 17.8 Å². The van der Waals surface area contributed by atoms with Crippen LogP contribution >= 0.6 is 23.2 Å². The van der Waals surface area contributed by atoms with Crippen molar-refractivity contribution in [1.82, 2.24) is 19.6 Å². The molecule has 0 atom stereocenters. The Bertz CT molecular complexity index is 887. The largest absolute Gasteiger partial charge is 0.309 e. The van der Waals surface area contributed by atoms with Crippen LogP contribution in [0.25, 0.3) is 0 Å². The lowest BCUT2D eigenvalue weighted by Gasteiger charge is -2.06. The average Bonchev–Trinajstić information content (AvgIpc) is 3.13. The number of anilines is 1. The number of rotatable bonds is 6. The summed E-state index contributed by atoms with van der Waals surface area (Å²) in [6, 6.07) is 9.46. The van der Waals surface area contributed by atoms with Gasteiger partial charge in [0.2, 0.25) is 5.91 Å². The average molecular weight is 378 g/mol. The summed E-state index contributed by atoms with van der Waals surface area (Å²) in [6.45, 7) is 2.94. The number of amides is 1. The molecule has 0 radical (unpaired) electrons. The Morgan fingerprint density at radius 2 is 2.08 bits per heavy atom. The van der Waals surface area contributed by atoms with Gasteiger partial charge in [-0.3, -0.25) is 14.2 Å². The van der Waals surface area contributed by atoms with E-state index in [0.29, 0.717) is 29.0 Å². The highest BCUT2D eigenvalue weighted by molar-refractivity contribution is 6.31. The molecule has 0 bridgehead atoms. The van der Waals surface area contributed by atoms with Crippen molar-refractivity contribution in [2.45, 2.75) is 26.4 Å². The molecule has 0 aliphatic carbocycles. The molecule has 8 heteroatoms. The molecule has 3 aromatic rings. The maximum absolute atomic E-state index is 12.1. The van der Waals surface area contributed by atoms with Crippen LogP contribution in [0.1, 0.15) is 17.7 Å². The number of aromatic nitrogens is 4. The lowest BCUT2D eigenvalue weighted by atomic mass is 10.2. The molecular weight excluding hydrogens is 361 g/mol. The van der Waals surface area contributed by atoms with Gasteiger partial charge in [0.25, 0.3) is 0 Å². The van der Waals surface area contributed by atoms with Crippen LogP contribution in [0.4, 0.5) is 5.82 Å². The fourth-order valence-corrected chi connectivity index (χ4v) is 2.75. The van der Waals surface area contributed by atoms with E-state index in [2.05, 4.69) is 15.5 Å². The zero-order valence-electron chi connectivity index (χ0n) is 13.6. The quantitative estimate of drug-likeness (QED) is 0.710. The number of hydrogen-bond donors (Lipinski definition) is 1. The Labute approximate surface area is 155 Å². The first-order valence-electron chi connectivity index (χ1n) is 7.77. The molecule has 6 nitrogen and oxygen atoms in total. The Balaban J connectivity index is 1.60. The van der Waals surface area contributed by atoms with Gasteiger partial charge in [-0.1, -0.05) is 41.4 Å². The molecule has 0 unspecified atom stereocenters. The highest BCUT2D eigenvalue weighted by Crippen LogP contribution is 2.18. The van der Waals surface area contributed by atoms with E-state index in [1.165, 1.54) is 0 Å². The predicted octanol–water partition coefficient (Wildman–Crippen LogP) is 3.77. The summed E-state index contributed by atoms with van der Waals surface area (Å²) in [5.41, 5.74) is 1.91. The molecule has 130 valence electrons. The van der Waals surface area contributed by atoms with E-state index in [9.17, 15) is 4.79 Å². The van der Waals surface area contributed by atoms with Crippen molar-refractivity contribution in [3.8, 4) is 0 Å². The zero-order chi connectivity index (χ0) is 17.8. The van der Waals surface area contributed by atoms with Gasteiger partial charge >= 0.3 is 0 Å². The molecule has 0 saturated carbocycles. The van der Waals surface area contributed by atoms with Crippen molar-refractivity contribution in [3.05, 3.63) is 64.0 Å². The van der Waals surface area contributed by atoms with Gasteiger partial charge in [-0.25, -0.2) is 0 Å².